The third-order valence-corrected chi connectivity index (χ3v) is 6.39. The molecule has 2 aromatic carbocycles. The molecule has 0 atom stereocenters. The van der Waals surface area contributed by atoms with Gasteiger partial charge in [0, 0.05) is 13.1 Å². The predicted molar refractivity (Wildman–Crippen MR) is 100.0 cm³/mol. The number of nitrogens with zero attached hydrogens (tertiary/aromatic N) is 1. The van der Waals surface area contributed by atoms with Gasteiger partial charge in [-0.15, -0.1) is 0 Å². The highest BCUT2D eigenvalue weighted by atomic mass is 32.2. The smallest absolute Gasteiger partial charge is 0.258 e. The summed E-state index contributed by atoms with van der Waals surface area (Å²) in [6.07, 6.45) is 2.66. The fourth-order valence-corrected chi connectivity index (χ4v) is 4.58. The van der Waals surface area contributed by atoms with E-state index in [-0.39, 0.29) is 21.9 Å². The number of nitrogens with one attached hydrogen (secondary N) is 1. The van der Waals surface area contributed by atoms with Crippen LogP contribution in [-0.4, -0.2) is 38.8 Å². The Hall–Kier alpha value is -2.45. The Morgan fingerprint density at radius 2 is 1.81 bits per heavy atom. The van der Waals surface area contributed by atoms with Gasteiger partial charge in [-0.05, 0) is 43.2 Å². The zero-order chi connectivity index (χ0) is 19.4. The summed E-state index contributed by atoms with van der Waals surface area (Å²) in [5, 5.41) is 2.55. The molecule has 0 radical (unpaired) electrons. The third kappa shape index (κ3) is 4.12. The van der Waals surface area contributed by atoms with Gasteiger partial charge in [-0.1, -0.05) is 18.6 Å². The van der Waals surface area contributed by atoms with E-state index in [9.17, 15) is 17.6 Å². The highest BCUT2D eigenvalue weighted by molar-refractivity contribution is 7.89. The second-order valence-electron chi connectivity index (χ2n) is 6.26. The fourth-order valence-electron chi connectivity index (χ4n) is 3.03. The number of hydrogen-bond acceptors (Lipinski definition) is 4. The van der Waals surface area contributed by atoms with Gasteiger partial charge in [-0.3, -0.25) is 4.79 Å². The SMILES string of the molecule is COc1ccc(S(=O)(=O)N2CCCCC2)cc1NC(=O)c1ccccc1F. The molecule has 0 spiro atoms. The molecule has 1 heterocycles. The normalized spacial score (nSPS) is 15.3. The van der Waals surface area contributed by atoms with Crippen LogP contribution in [0.3, 0.4) is 0 Å². The maximum absolute atomic E-state index is 13.8. The summed E-state index contributed by atoms with van der Waals surface area (Å²) in [5.41, 5.74) is 0.0349. The lowest BCUT2D eigenvalue weighted by molar-refractivity contribution is 0.102. The molecule has 27 heavy (non-hydrogen) atoms. The van der Waals surface area contributed by atoms with Crippen molar-refractivity contribution < 1.29 is 22.3 Å². The highest BCUT2D eigenvalue weighted by Crippen LogP contribution is 2.30. The number of amides is 1. The van der Waals surface area contributed by atoms with Gasteiger partial charge in [0.2, 0.25) is 10.0 Å². The van der Waals surface area contributed by atoms with Crippen LogP contribution >= 0.6 is 0 Å². The molecule has 1 fully saturated rings. The van der Waals surface area contributed by atoms with Crippen molar-refractivity contribution in [1.29, 1.82) is 0 Å². The molecule has 0 unspecified atom stereocenters. The summed E-state index contributed by atoms with van der Waals surface area (Å²) >= 11 is 0. The van der Waals surface area contributed by atoms with E-state index in [0.717, 1.165) is 19.3 Å². The first kappa shape index (κ1) is 19.3. The molecular formula is C19H21FN2O4S. The van der Waals surface area contributed by atoms with E-state index >= 15 is 0 Å². The van der Waals surface area contributed by atoms with Crippen molar-refractivity contribution in [2.75, 3.05) is 25.5 Å². The zero-order valence-corrected chi connectivity index (χ0v) is 15.8. The van der Waals surface area contributed by atoms with Crippen LogP contribution in [0.1, 0.15) is 29.6 Å². The first-order valence-electron chi connectivity index (χ1n) is 8.67. The van der Waals surface area contributed by atoms with Crippen molar-refractivity contribution in [3.05, 3.63) is 53.8 Å². The number of carbonyl (C=O) groups is 1. The highest BCUT2D eigenvalue weighted by Gasteiger charge is 2.27. The Labute approximate surface area is 158 Å². The average Bonchev–Trinajstić information content (AvgIpc) is 2.69. The summed E-state index contributed by atoms with van der Waals surface area (Å²) in [6.45, 7) is 0.955. The molecule has 3 rings (SSSR count). The van der Waals surface area contributed by atoms with Crippen molar-refractivity contribution >= 4 is 21.6 Å². The second kappa shape index (κ2) is 8.06. The molecule has 2 aromatic rings. The molecule has 0 aliphatic carbocycles. The van der Waals surface area contributed by atoms with E-state index in [2.05, 4.69) is 5.32 Å². The van der Waals surface area contributed by atoms with Gasteiger partial charge in [-0.2, -0.15) is 4.31 Å². The molecule has 1 aliphatic heterocycles. The molecule has 0 saturated carbocycles. The lowest BCUT2D eigenvalue weighted by Crippen LogP contribution is -2.35. The molecule has 6 nitrogen and oxygen atoms in total. The molecule has 1 aliphatic rings. The van der Waals surface area contributed by atoms with Crippen LogP contribution < -0.4 is 10.1 Å². The van der Waals surface area contributed by atoms with Crippen LogP contribution in [0.5, 0.6) is 5.75 Å². The van der Waals surface area contributed by atoms with E-state index < -0.39 is 21.7 Å². The molecule has 8 heteroatoms. The van der Waals surface area contributed by atoms with Crippen molar-refractivity contribution in [3.63, 3.8) is 0 Å². The maximum atomic E-state index is 13.8. The Morgan fingerprint density at radius 3 is 2.48 bits per heavy atom. The van der Waals surface area contributed by atoms with Crippen LogP contribution in [-0.2, 0) is 10.0 Å². The molecule has 0 aromatic heterocycles. The van der Waals surface area contributed by atoms with Gasteiger partial charge < -0.3 is 10.1 Å². The maximum Gasteiger partial charge on any atom is 0.258 e. The Morgan fingerprint density at radius 1 is 1.11 bits per heavy atom. The quantitative estimate of drug-likeness (QED) is 0.847. The topological polar surface area (TPSA) is 75.7 Å². The number of methoxy groups -OCH3 is 1. The number of hydrogen-bond donors (Lipinski definition) is 1. The Bertz CT molecular complexity index is 940. The number of halogens is 1. The second-order valence-corrected chi connectivity index (χ2v) is 8.20. The lowest BCUT2D eigenvalue weighted by atomic mass is 10.2. The Balaban J connectivity index is 1.92. The van der Waals surface area contributed by atoms with E-state index in [4.69, 9.17) is 4.74 Å². The average molecular weight is 392 g/mol. The van der Waals surface area contributed by atoms with E-state index in [1.165, 1.54) is 47.8 Å². The monoisotopic (exact) mass is 392 g/mol. The van der Waals surface area contributed by atoms with Gasteiger partial charge in [-0.25, -0.2) is 12.8 Å². The summed E-state index contributed by atoms with van der Waals surface area (Å²) in [4.78, 5) is 12.5. The molecule has 0 bridgehead atoms. The largest absolute Gasteiger partial charge is 0.495 e. The van der Waals surface area contributed by atoms with Gasteiger partial charge in [0.1, 0.15) is 11.6 Å². The molecule has 1 N–H and O–H groups in total. The van der Waals surface area contributed by atoms with Crippen LogP contribution in [0, 0.1) is 5.82 Å². The van der Waals surface area contributed by atoms with E-state index in [1.807, 2.05) is 0 Å². The van der Waals surface area contributed by atoms with Crippen molar-refractivity contribution in [3.8, 4) is 5.75 Å². The minimum atomic E-state index is -3.67. The summed E-state index contributed by atoms with van der Waals surface area (Å²) < 4.78 is 46.2. The summed E-state index contributed by atoms with van der Waals surface area (Å²) in [7, 11) is -2.26. The van der Waals surface area contributed by atoms with Crippen molar-refractivity contribution in [2.45, 2.75) is 24.2 Å². The molecular weight excluding hydrogens is 371 g/mol. The minimum absolute atomic E-state index is 0.0639. The van der Waals surface area contributed by atoms with Gasteiger partial charge >= 0.3 is 0 Å². The van der Waals surface area contributed by atoms with E-state index in [0.29, 0.717) is 13.1 Å². The van der Waals surface area contributed by atoms with Crippen LogP contribution in [0.15, 0.2) is 47.4 Å². The molecule has 144 valence electrons. The zero-order valence-electron chi connectivity index (χ0n) is 14.9. The summed E-state index contributed by atoms with van der Waals surface area (Å²) in [5.74, 6) is -1.05. The number of benzene rings is 2. The van der Waals surface area contributed by atoms with Gasteiger partial charge in [0.15, 0.2) is 0 Å². The summed E-state index contributed by atoms with van der Waals surface area (Å²) in [6, 6.07) is 9.84. The number of ether oxygens (including phenoxy) is 1. The number of carbonyl (C=O) groups excluding carboxylic acids is 1. The van der Waals surface area contributed by atoms with Crippen molar-refractivity contribution in [1.82, 2.24) is 4.31 Å². The predicted octanol–water partition coefficient (Wildman–Crippen LogP) is 3.26. The first-order chi connectivity index (χ1) is 12.9. The van der Waals surface area contributed by atoms with Crippen LogP contribution in [0.25, 0.3) is 0 Å². The lowest BCUT2D eigenvalue weighted by Gasteiger charge is -2.26. The van der Waals surface area contributed by atoms with Gasteiger partial charge in [0.25, 0.3) is 5.91 Å². The molecule has 1 saturated heterocycles. The van der Waals surface area contributed by atoms with E-state index in [1.54, 1.807) is 6.07 Å². The third-order valence-electron chi connectivity index (χ3n) is 4.49. The number of piperidine rings is 1. The number of anilines is 1. The molecule has 1 amide bonds. The number of sulfonamides is 1. The first-order valence-corrected chi connectivity index (χ1v) is 10.1. The van der Waals surface area contributed by atoms with Gasteiger partial charge in [0.05, 0.1) is 23.3 Å². The van der Waals surface area contributed by atoms with Crippen LogP contribution in [0.2, 0.25) is 0 Å². The number of rotatable bonds is 5. The fraction of sp³-hybridized carbons (Fsp3) is 0.316. The van der Waals surface area contributed by atoms with Crippen molar-refractivity contribution in [2.24, 2.45) is 0 Å². The Kier molecular flexibility index (Phi) is 5.76. The standard InChI is InChI=1S/C19H21FN2O4S/c1-26-18-10-9-14(27(24,25)22-11-5-2-6-12-22)13-17(18)21-19(23)15-7-3-4-8-16(15)20/h3-4,7-10,13H,2,5-6,11-12H2,1H3,(H,21,23). The van der Waals surface area contributed by atoms with Crippen LogP contribution in [0.4, 0.5) is 10.1 Å². The minimum Gasteiger partial charge on any atom is -0.495 e.